The molecule has 2 rings (SSSR count). The quantitative estimate of drug-likeness (QED) is 0.783. The zero-order valence-electron chi connectivity index (χ0n) is 12.8. The molecule has 0 fully saturated rings. The van der Waals surface area contributed by atoms with Crippen molar-refractivity contribution in [1.82, 2.24) is 10.3 Å². The van der Waals surface area contributed by atoms with Crippen LogP contribution in [0.5, 0.6) is 0 Å². The van der Waals surface area contributed by atoms with Gasteiger partial charge in [-0.3, -0.25) is 14.6 Å². The maximum Gasteiger partial charge on any atom is 0.265 e. The summed E-state index contributed by atoms with van der Waals surface area (Å²) in [6.45, 7) is 2.34. The molecule has 23 heavy (non-hydrogen) atoms. The highest BCUT2D eigenvalue weighted by atomic mass is 16.3. The molecule has 1 aromatic heterocycles. The van der Waals surface area contributed by atoms with Crippen molar-refractivity contribution in [2.75, 3.05) is 11.4 Å². The molecular formula is C17H19N3O3. The number of nitrogens with one attached hydrogen (secondary N) is 1. The lowest BCUT2D eigenvalue weighted by molar-refractivity contribution is -0.139. The lowest BCUT2D eigenvalue weighted by atomic mass is 10.2. The molecule has 2 N–H and O–H groups in total. The number of amides is 2. The molecule has 120 valence electrons. The van der Waals surface area contributed by atoms with Gasteiger partial charge in [0, 0.05) is 31.2 Å². The molecule has 1 atom stereocenters. The van der Waals surface area contributed by atoms with Crippen LogP contribution in [-0.4, -0.2) is 34.6 Å². The van der Waals surface area contributed by atoms with Crippen LogP contribution in [0.2, 0.25) is 0 Å². The van der Waals surface area contributed by atoms with E-state index in [0.717, 1.165) is 5.56 Å². The number of hydrogen-bond donors (Lipinski definition) is 2. The van der Waals surface area contributed by atoms with E-state index in [-0.39, 0.29) is 6.54 Å². The van der Waals surface area contributed by atoms with Gasteiger partial charge in [-0.05, 0) is 30.7 Å². The Balaban J connectivity index is 1.99. The standard InChI is InChI=1S/C17H19N3O3/c1-2-20(14-8-4-3-5-9-14)17(23)15(21)16(22)19-12-13-7-6-10-18-11-13/h3-11,15,21H,2,12H2,1H3,(H,19,22)/t15-/m0/s1. The molecule has 1 heterocycles. The Morgan fingerprint density at radius 3 is 2.57 bits per heavy atom. The van der Waals surface area contributed by atoms with Crippen molar-refractivity contribution in [2.24, 2.45) is 0 Å². The third-order valence-corrected chi connectivity index (χ3v) is 3.32. The Morgan fingerprint density at radius 1 is 1.22 bits per heavy atom. The number of para-hydroxylation sites is 1. The number of hydrogen-bond acceptors (Lipinski definition) is 4. The van der Waals surface area contributed by atoms with Crippen LogP contribution >= 0.6 is 0 Å². The van der Waals surface area contributed by atoms with Gasteiger partial charge in [0.15, 0.2) is 0 Å². The van der Waals surface area contributed by atoms with Gasteiger partial charge in [0.1, 0.15) is 0 Å². The molecule has 0 saturated heterocycles. The average molecular weight is 313 g/mol. The molecule has 0 unspecified atom stereocenters. The number of carbonyl (C=O) groups excluding carboxylic acids is 2. The number of benzene rings is 1. The van der Waals surface area contributed by atoms with Crippen LogP contribution < -0.4 is 10.2 Å². The molecule has 0 aliphatic carbocycles. The Labute approximate surface area is 134 Å². The van der Waals surface area contributed by atoms with E-state index in [1.54, 1.807) is 55.7 Å². The molecule has 0 radical (unpaired) electrons. The normalized spacial score (nSPS) is 11.6. The highest BCUT2D eigenvalue weighted by molar-refractivity contribution is 6.09. The number of aliphatic hydroxyl groups is 1. The first kappa shape index (κ1) is 16.6. The van der Waals surface area contributed by atoms with E-state index < -0.39 is 17.9 Å². The van der Waals surface area contributed by atoms with Gasteiger partial charge in [0.05, 0.1) is 0 Å². The Kier molecular flexibility index (Phi) is 5.82. The van der Waals surface area contributed by atoms with Crippen molar-refractivity contribution in [2.45, 2.75) is 19.6 Å². The second kappa shape index (κ2) is 8.05. The minimum absolute atomic E-state index is 0.203. The van der Waals surface area contributed by atoms with Crippen LogP contribution in [0.25, 0.3) is 0 Å². The third kappa shape index (κ3) is 4.37. The molecule has 6 heteroatoms. The van der Waals surface area contributed by atoms with Gasteiger partial charge in [-0.15, -0.1) is 0 Å². The Hall–Kier alpha value is -2.73. The topological polar surface area (TPSA) is 82.5 Å². The second-order valence-electron chi connectivity index (χ2n) is 4.90. The minimum Gasteiger partial charge on any atom is -0.375 e. The van der Waals surface area contributed by atoms with Crippen LogP contribution in [-0.2, 0) is 16.1 Å². The van der Waals surface area contributed by atoms with Crippen molar-refractivity contribution in [3.8, 4) is 0 Å². The molecule has 2 amide bonds. The maximum absolute atomic E-state index is 12.3. The van der Waals surface area contributed by atoms with E-state index >= 15 is 0 Å². The van der Waals surface area contributed by atoms with Gasteiger partial charge in [-0.1, -0.05) is 24.3 Å². The molecule has 0 aliphatic rings. The number of carbonyl (C=O) groups is 2. The highest BCUT2D eigenvalue weighted by Gasteiger charge is 2.28. The largest absolute Gasteiger partial charge is 0.375 e. The summed E-state index contributed by atoms with van der Waals surface area (Å²) in [5, 5.41) is 12.5. The van der Waals surface area contributed by atoms with E-state index in [4.69, 9.17) is 0 Å². The number of anilines is 1. The fourth-order valence-electron chi connectivity index (χ4n) is 2.12. The lowest BCUT2D eigenvalue weighted by Crippen LogP contribution is -2.47. The van der Waals surface area contributed by atoms with E-state index in [0.29, 0.717) is 12.2 Å². The molecule has 0 aliphatic heterocycles. The molecule has 1 aromatic carbocycles. The highest BCUT2D eigenvalue weighted by Crippen LogP contribution is 2.14. The van der Waals surface area contributed by atoms with Gasteiger partial charge in [0.25, 0.3) is 11.8 Å². The Bertz CT molecular complexity index is 647. The fraction of sp³-hybridized carbons (Fsp3) is 0.235. The smallest absolute Gasteiger partial charge is 0.265 e. The summed E-state index contributed by atoms with van der Waals surface area (Å²) in [5.41, 5.74) is 1.43. The minimum atomic E-state index is -1.74. The van der Waals surface area contributed by atoms with Gasteiger partial charge in [0.2, 0.25) is 6.10 Å². The van der Waals surface area contributed by atoms with Crippen LogP contribution in [0.3, 0.4) is 0 Å². The lowest BCUT2D eigenvalue weighted by Gasteiger charge is -2.23. The molecule has 0 spiro atoms. The summed E-state index contributed by atoms with van der Waals surface area (Å²) in [6, 6.07) is 12.5. The van der Waals surface area contributed by atoms with Gasteiger partial charge in [-0.2, -0.15) is 0 Å². The molecule has 2 aromatic rings. The maximum atomic E-state index is 12.3. The molecule has 6 nitrogen and oxygen atoms in total. The first-order valence-corrected chi connectivity index (χ1v) is 7.34. The summed E-state index contributed by atoms with van der Waals surface area (Å²) < 4.78 is 0. The summed E-state index contributed by atoms with van der Waals surface area (Å²) in [7, 11) is 0. The average Bonchev–Trinajstić information content (AvgIpc) is 2.61. The van der Waals surface area contributed by atoms with E-state index in [9.17, 15) is 14.7 Å². The van der Waals surface area contributed by atoms with Crippen LogP contribution in [0.15, 0.2) is 54.9 Å². The van der Waals surface area contributed by atoms with Gasteiger partial charge in [-0.25, -0.2) is 0 Å². The van der Waals surface area contributed by atoms with Crippen LogP contribution in [0.1, 0.15) is 12.5 Å². The van der Waals surface area contributed by atoms with Crippen LogP contribution in [0, 0.1) is 0 Å². The summed E-state index contributed by atoms with van der Waals surface area (Å²) in [5.74, 6) is -1.38. The predicted molar refractivity (Wildman–Crippen MR) is 86.6 cm³/mol. The number of rotatable bonds is 6. The van der Waals surface area contributed by atoms with Crippen molar-refractivity contribution < 1.29 is 14.7 Å². The van der Waals surface area contributed by atoms with Crippen molar-refractivity contribution in [3.63, 3.8) is 0 Å². The van der Waals surface area contributed by atoms with E-state index in [1.807, 2.05) is 6.07 Å². The summed E-state index contributed by atoms with van der Waals surface area (Å²) in [4.78, 5) is 29.6. The van der Waals surface area contributed by atoms with Crippen molar-refractivity contribution in [1.29, 1.82) is 0 Å². The number of aromatic nitrogens is 1. The number of pyridine rings is 1. The number of likely N-dealkylation sites (N-methyl/N-ethyl adjacent to an activating group) is 1. The zero-order valence-corrected chi connectivity index (χ0v) is 12.8. The van der Waals surface area contributed by atoms with Crippen molar-refractivity contribution in [3.05, 3.63) is 60.4 Å². The second-order valence-corrected chi connectivity index (χ2v) is 4.90. The van der Waals surface area contributed by atoms with E-state index in [1.165, 1.54) is 4.90 Å². The molecule has 0 bridgehead atoms. The third-order valence-electron chi connectivity index (χ3n) is 3.32. The van der Waals surface area contributed by atoms with Gasteiger partial charge < -0.3 is 15.3 Å². The van der Waals surface area contributed by atoms with Crippen molar-refractivity contribution >= 4 is 17.5 Å². The van der Waals surface area contributed by atoms with E-state index in [2.05, 4.69) is 10.3 Å². The fourth-order valence-corrected chi connectivity index (χ4v) is 2.12. The first-order valence-electron chi connectivity index (χ1n) is 7.34. The number of aliphatic hydroxyl groups excluding tert-OH is 1. The zero-order chi connectivity index (χ0) is 16.7. The van der Waals surface area contributed by atoms with Crippen LogP contribution in [0.4, 0.5) is 5.69 Å². The summed E-state index contributed by atoms with van der Waals surface area (Å²) >= 11 is 0. The molecule has 0 saturated carbocycles. The predicted octanol–water partition coefficient (Wildman–Crippen LogP) is 1.11. The Morgan fingerprint density at radius 2 is 1.96 bits per heavy atom. The molecular weight excluding hydrogens is 294 g/mol. The summed E-state index contributed by atoms with van der Waals surface area (Å²) in [6.07, 6.45) is 1.49. The SMILES string of the molecule is CCN(C(=O)[C@@H](O)C(=O)NCc1cccnc1)c1ccccc1. The first-order chi connectivity index (χ1) is 11.1. The monoisotopic (exact) mass is 313 g/mol. The number of nitrogens with zero attached hydrogens (tertiary/aromatic N) is 2. The van der Waals surface area contributed by atoms with Gasteiger partial charge >= 0.3 is 0 Å².